The average Bonchev–Trinajstić information content (AvgIpc) is 3.53. The number of thiazole rings is 1. The van der Waals surface area contributed by atoms with Crippen LogP contribution in [0.25, 0.3) is 22.4 Å². The molecule has 0 saturated heterocycles. The van der Waals surface area contributed by atoms with E-state index in [1.165, 1.54) is 11.3 Å². The second kappa shape index (κ2) is 14.9. The summed E-state index contributed by atoms with van der Waals surface area (Å²) in [6.07, 6.45) is 2.60. The maximum atomic E-state index is 12.0. The number of primary amides is 1. The van der Waals surface area contributed by atoms with Crippen LogP contribution in [0.3, 0.4) is 0 Å². The highest BCUT2D eigenvalue weighted by Crippen LogP contribution is 2.30. The Labute approximate surface area is 217 Å². The summed E-state index contributed by atoms with van der Waals surface area (Å²) < 4.78 is 13.3. The summed E-state index contributed by atoms with van der Waals surface area (Å²) in [4.78, 5) is 26.6. The molecule has 6 N–H and O–H groups in total. The second-order valence-corrected chi connectivity index (χ2v) is 9.03. The van der Waals surface area contributed by atoms with Crippen molar-refractivity contribution in [3.05, 3.63) is 71.6 Å². The minimum atomic E-state index is -0.742. The number of aromatic nitrogens is 1. The molecule has 0 radical (unpaired) electrons. The molecule has 2 aromatic heterocycles. The molecule has 4 rings (SSSR count). The van der Waals surface area contributed by atoms with Gasteiger partial charge in [0.2, 0.25) is 5.91 Å². The highest BCUT2D eigenvalue weighted by Gasteiger charge is 2.11. The lowest BCUT2D eigenvalue weighted by molar-refractivity contribution is -0.116. The standard InChI is InChI=1S/C17H20N4O2S2.C8H9NO2/c18-25-19-9-5-1-2-8-16(22)21-17-20-13(11-24-17)15-10-12-6-3-4-7-14(12)23-15;9-8(10)11-6-7-4-2-1-3-5-7/h3-4,6-7,10-11,19H,1-2,5,8-9,18H2,(H,20,21,22);1-5H,6H2,(H2,9,10). The number of nitrogens with zero attached hydrogens (tertiary/aromatic N) is 1. The second-order valence-electron chi connectivity index (χ2n) is 7.65. The van der Waals surface area contributed by atoms with Crippen molar-refractivity contribution in [2.45, 2.75) is 32.3 Å². The summed E-state index contributed by atoms with van der Waals surface area (Å²) in [7, 11) is 0. The number of nitrogens with one attached hydrogen (secondary N) is 2. The molecule has 0 atom stereocenters. The first-order chi connectivity index (χ1) is 17.5. The number of benzene rings is 2. The zero-order valence-corrected chi connectivity index (χ0v) is 21.3. The van der Waals surface area contributed by atoms with Crippen LogP contribution < -0.4 is 20.9 Å². The predicted molar refractivity (Wildman–Crippen MR) is 145 cm³/mol. The fourth-order valence-corrected chi connectivity index (χ4v) is 4.16. The molecule has 0 aliphatic rings. The quantitative estimate of drug-likeness (QED) is 0.149. The van der Waals surface area contributed by atoms with Crippen LogP contribution in [0.4, 0.5) is 9.93 Å². The SMILES string of the molecule is NC(=O)OCc1ccccc1.NSNCCCCCC(=O)Nc1nc(-c2cc3ccccc3o2)cs1. The van der Waals surface area contributed by atoms with Crippen LogP contribution >= 0.6 is 23.5 Å². The monoisotopic (exact) mass is 527 g/mol. The Kier molecular flexibility index (Phi) is 11.3. The minimum Gasteiger partial charge on any atom is -0.454 e. The van der Waals surface area contributed by atoms with Crippen molar-refractivity contribution in [2.75, 3.05) is 11.9 Å². The molecule has 2 amide bonds. The van der Waals surface area contributed by atoms with Crippen molar-refractivity contribution in [3.63, 3.8) is 0 Å². The van der Waals surface area contributed by atoms with Crippen LogP contribution in [0, 0.1) is 0 Å². The lowest BCUT2D eigenvalue weighted by Crippen LogP contribution is -2.12. The number of para-hydroxylation sites is 1. The van der Waals surface area contributed by atoms with Crippen LogP contribution in [0.1, 0.15) is 31.2 Å². The van der Waals surface area contributed by atoms with E-state index in [9.17, 15) is 9.59 Å². The summed E-state index contributed by atoms with van der Waals surface area (Å²) in [5, 5.41) is 11.7. The first-order valence-corrected chi connectivity index (χ1v) is 13.1. The number of carbonyl (C=O) groups is 2. The summed E-state index contributed by atoms with van der Waals surface area (Å²) >= 11 is 2.53. The lowest BCUT2D eigenvalue weighted by atomic mass is 10.2. The van der Waals surface area contributed by atoms with Gasteiger partial charge in [0.25, 0.3) is 0 Å². The lowest BCUT2D eigenvalue weighted by Gasteiger charge is -2.02. The van der Waals surface area contributed by atoms with E-state index in [4.69, 9.17) is 15.3 Å². The Balaban J connectivity index is 0.000000275. The number of carbonyl (C=O) groups excluding carboxylic acids is 2. The van der Waals surface area contributed by atoms with Gasteiger partial charge in [-0.05, 0) is 30.5 Å². The number of nitrogens with two attached hydrogens (primary N) is 2. The van der Waals surface area contributed by atoms with Crippen molar-refractivity contribution in [1.82, 2.24) is 9.71 Å². The molecule has 0 bridgehead atoms. The van der Waals surface area contributed by atoms with Gasteiger partial charge in [0, 0.05) is 35.9 Å². The zero-order valence-electron chi connectivity index (χ0n) is 19.6. The van der Waals surface area contributed by atoms with Crippen molar-refractivity contribution in [1.29, 1.82) is 0 Å². The van der Waals surface area contributed by atoms with Gasteiger partial charge < -0.3 is 20.2 Å². The zero-order chi connectivity index (χ0) is 25.6. The van der Waals surface area contributed by atoms with E-state index in [1.807, 2.05) is 66.0 Å². The summed E-state index contributed by atoms with van der Waals surface area (Å²) in [5.74, 6) is 0.704. The van der Waals surface area contributed by atoms with Crippen LogP contribution in [0.5, 0.6) is 0 Å². The molecule has 0 fully saturated rings. The smallest absolute Gasteiger partial charge is 0.404 e. The van der Waals surface area contributed by atoms with Gasteiger partial charge in [0.15, 0.2) is 10.9 Å². The Morgan fingerprint density at radius 1 is 1.06 bits per heavy atom. The maximum absolute atomic E-state index is 12.0. The summed E-state index contributed by atoms with van der Waals surface area (Å²) in [6, 6.07) is 19.2. The Hall–Kier alpha value is -3.38. The van der Waals surface area contributed by atoms with E-state index >= 15 is 0 Å². The molecule has 0 spiro atoms. The maximum Gasteiger partial charge on any atom is 0.404 e. The van der Waals surface area contributed by atoms with Gasteiger partial charge in [-0.15, -0.1) is 11.3 Å². The number of hydrogen-bond donors (Lipinski definition) is 4. The van der Waals surface area contributed by atoms with Crippen molar-refractivity contribution in [2.24, 2.45) is 10.9 Å². The summed E-state index contributed by atoms with van der Waals surface area (Å²) in [6.45, 7) is 1.10. The topological polar surface area (TPSA) is 146 Å². The van der Waals surface area contributed by atoms with Gasteiger partial charge in [-0.3, -0.25) is 14.7 Å². The third-order valence-electron chi connectivity index (χ3n) is 4.92. The number of fused-ring (bicyclic) bond motifs is 1. The molecule has 190 valence electrons. The molecule has 2 aromatic carbocycles. The van der Waals surface area contributed by atoms with E-state index in [1.54, 1.807) is 0 Å². The number of unbranched alkanes of at least 4 members (excludes halogenated alkanes) is 2. The molecular formula is C25H29N5O4S2. The largest absolute Gasteiger partial charge is 0.454 e. The number of rotatable bonds is 11. The van der Waals surface area contributed by atoms with E-state index in [-0.39, 0.29) is 12.5 Å². The fraction of sp³-hybridized carbons (Fsp3) is 0.240. The van der Waals surface area contributed by atoms with E-state index in [0.29, 0.717) is 17.3 Å². The third kappa shape index (κ3) is 9.34. The highest BCUT2D eigenvalue weighted by molar-refractivity contribution is 7.95. The van der Waals surface area contributed by atoms with Gasteiger partial charge in [-0.2, -0.15) is 0 Å². The van der Waals surface area contributed by atoms with Crippen LogP contribution in [-0.2, 0) is 16.1 Å². The van der Waals surface area contributed by atoms with Crippen LogP contribution in [0.2, 0.25) is 0 Å². The molecule has 0 aliphatic carbocycles. The molecule has 11 heteroatoms. The first-order valence-electron chi connectivity index (χ1n) is 11.3. The molecule has 0 unspecified atom stereocenters. The molecule has 0 saturated carbocycles. The van der Waals surface area contributed by atoms with E-state index in [0.717, 1.165) is 60.2 Å². The van der Waals surface area contributed by atoms with Gasteiger partial charge in [-0.1, -0.05) is 55.0 Å². The number of ether oxygens (including phenoxy) is 1. The van der Waals surface area contributed by atoms with E-state index in [2.05, 4.69) is 19.8 Å². The van der Waals surface area contributed by atoms with Gasteiger partial charge in [0.1, 0.15) is 17.9 Å². The Morgan fingerprint density at radius 3 is 2.58 bits per heavy atom. The number of hydrogen-bond acceptors (Lipinski definition) is 9. The number of furan rings is 1. The number of anilines is 1. The van der Waals surface area contributed by atoms with Crippen molar-refractivity contribution in [3.8, 4) is 11.5 Å². The average molecular weight is 528 g/mol. The molecule has 4 aromatic rings. The fourth-order valence-electron chi connectivity index (χ4n) is 3.18. The van der Waals surface area contributed by atoms with Crippen molar-refractivity contribution < 1.29 is 18.7 Å². The van der Waals surface area contributed by atoms with E-state index < -0.39 is 6.09 Å². The Morgan fingerprint density at radius 2 is 1.83 bits per heavy atom. The van der Waals surface area contributed by atoms with Crippen LogP contribution in [0.15, 0.2) is 70.5 Å². The Bertz CT molecular complexity index is 1200. The third-order valence-corrected chi connectivity index (χ3v) is 6.05. The number of amides is 2. The van der Waals surface area contributed by atoms with Gasteiger partial charge >= 0.3 is 6.09 Å². The normalized spacial score (nSPS) is 10.5. The van der Waals surface area contributed by atoms with Gasteiger partial charge in [-0.25, -0.2) is 9.78 Å². The van der Waals surface area contributed by atoms with Crippen LogP contribution in [-0.4, -0.2) is 23.5 Å². The summed E-state index contributed by atoms with van der Waals surface area (Å²) in [5.41, 5.74) is 7.29. The molecule has 0 aliphatic heterocycles. The molecule has 2 heterocycles. The van der Waals surface area contributed by atoms with Gasteiger partial charge in [0.05, 0.1) is 0 Å². The molecule has 36 heavy (non-hydrogen) atoms. The molecule has 9 nitrogen and oxygen atoms in total. The van der Waals surface area contributed by atoms with Crippen molar-refractivity contribution >= 4 is 51.6 Å². The first kappa shape index (κ1) is 27.2. The molecular weight excluding hydrogens is 498 g/mol. The predicted octanol–water partition coefficient (Wildman–Crippen LogP) is 5.45. The highest BCUT2D eigenvalue weighted by atomic mass is 32.2. The minimum absolute atomic E-state index is 0.00772.